The van der Waals surface area contributed by atoms with E-state index >= 15 is 0 Å². The first-order valence-electron chi connectivity index (χ1n) is 6.80. The monoisotopic (exact) mass is 331 g/mol. The minimum Gasteiger partial charge on any atom is -0.383 e. The van der Waals surface area contributed by atoms with Crippen molar-refractivity contribution in [1.29, 1.82) is 0 Å². The predicted octanol–water partition coefficient (Wildman–Crippen LogP) is 3.78. The van der Waals surface area contributed by atoms with Crippen molar-refractivity contribution < 1.29 is 9.13 Å². The number of ether oxygens (including phenoxy) is 1. The van der Waals surface area contributed by atoms with Gasteiger partial charge in [-0.15, -0.1) is 0 Å². The normalized spacial score (nSPS) is 12.6. The van der Waals surface area contributed by atoms with Crippen LogP contribution in [0.3, 0.4) is 0 Å². The van der Waals surface area contributed by atoms with Crippen LogP contribution in [-0.2, 0) is 11.2 Å². The van der Waals surface area contributed by atoms with Gasteiger partial charge in [-0.05, 0) is 49.1 Å². The molecular weight excluding hydrogens is 309 g/mol. The average molecular weight is 332 g/mol. The number of halogens is 2. The molecule has 0 spiro atoms. The van der Waals surface area contributed by atoms with Crippen molar-refractivity contribution in [3.05, 3.63) is 34.1 Å². The maximum absolute atomic E-state index is 13.4. The molecular formula is C15H23BrFNO. The second kappa shape index (κ2) is 9.45. The molecule has 1 N–H and O–H groups in total. The Labute approximate surface area is 123 Å². The van der Waals surface area contributed by atoms with E-state index in [0.717, 1.165) is 49.0 Å². The first-order chi connectivity index (χ1) is 9.15. The molecule has 19 heavy (non-hydrogen) atoms. The Bertz CT molecular complexity index is 353. The Morgan fingerprint density at radius 3 is 2.79 bits per heavy atom. The van der Waals surface area contributed by atoms with Crippen LogP contribution in [0.25, 0.3) is 0 Å². The third-order valence-corrected chi connectivity index (χ3v) is 3.52. The van der Waals surface area contributed by atoms with E-state index < -0.39 is 0 Å². The van der Waals surface area contributed by atoms with Crippen molar-refractivity contribution in [3.63, 3.8) is 0 Å². The van der Waals surface area contributed by atoms with Gasteiger partial charge in [0.25, 0.3) is 0 Å². The summed E-state index contributed by atoms with van der Waals surface area (Å²) in [4.78, 5) is 0. The molecule has 0 aliphatic heterocycles. The first kappa shape index (κ1) is 16.6. The van der Waals surface area contributed by atoms with Gasteiger partial charge in [-0.25, -0.2) is 4.39 Å². The van der Waals surface area contributed by atoms with Crippen LogP contribution < -0.4 is 5.32 Å². The fraction of sp³-hybridized carbons (Fsp3) is 0.600. The third kappa shape index (κ3) is 7.04. The van der Waals surface area contributed by atoms with Crippen molar-refractivity contribution in [3.8, 4) is 0 Å². The molecule has 0 aliphatic carbocycles. The molecule has 1 aromatic carbocycles. The van der Waals surface area contributed by atoms with Gasteiger partial charge in [0, 0.05) is 18.1 Å². The minimum atomic E-state index is -0.174. The molecule has 0 saturated carbocycles. The SMILES string of the molecule is CCCC(CNCCOC)Cc1cc(F)cc(Br)c1. The van der Waals surface area contributed by atoms with E-state index in [1.807, 2.05) is 6.07 Å². The van der Waals surface area contributed by atoms with Gasteiger partial charge in [-0.2, -0.15) is 0 Å². The number of hydrogen-bond acceptors (Lipinski definition) is 2. The highest BCUT2D eigenvalue weighted by Gasteiger charge is 2.10. The molecule has 0 heterocycles. The molecule has 0 amide bonds. The van der Waals surface area contributed by atoms with Crippen LogP contribution in [0.4, 0.5) is 4.39 Å². The Kier molecular flexibility index (Phi) is 8.26. The summed E-state index contributed by atoms with van der Waals surface area (Å²) in [6.45, 7) is 4.73. The summed E-state index contributed by atoms with van der Waals surface area (Å²) < 4.78 is 19.2. The van der Waals surface area contributed by atoms with Gasteiger partial charge in [0.2, 0.25) is 0 Å². The van der Waals surface area contributed by atoms with E-state index in [1.54, 1.807) is 13.2 Å². The fourth-order valence-electron chi connectivity index (χ4n) is 2.23. The Morgan fingerprint density at radius 2 is 2.16 bits per heavy atom. The minimum absolute atomic E-state index is 0.174. The molecule has 0 aromatic heterocycles. The highest BCUT2D eigenvalue weighted by atomic mass is 79.9. The lowest BCUT2D eigenvalue weighted by Crippen LogP contribution is -2.27. The number of methoxy groups -OCH3 is 1. The van der Waals surface area contributed by atoms with Gasteiger partial charge in [-0.1, -0.05) is 29.3 Å². The van der Waals surface area contributed by atoms with E-state index in [9.17, 15) is 4.39 Å². The Morgan fingerprint density at radius 1 is 1.37 bits per heavy atom. The molecule has 0 saturated heterocycles. The van der Waals surface area contributed by atoms with Crippen molar-refractivity contribution in [2.24, 2.45) is 5.92 Å². The zero-order chi connectivity index (χ0) is 14.1. The van der Waals surface area contributed by atoms with Crippen LogP contribution in [0, 0.1) is 11.7 Å². The summed E-state index contributed by atoms with van der Waals surface area (Å²) in [5.41, 5.74) is 1.05. The topological polar surface area (TPSA) is 21.3 Å². The molecule has 1 rings (SSSR count). The number of benzene rings is 1. The molecule has 4 heteroatoms. The molecule has 1 aromatic rings. The van der Waals surface area contributed by atoms with Gasteiger partial charge in [0.15, 0.2) is 0 Å². The lowest BCUT2D eigenvalue weighted by molar-refractivity contribution is 0.197. The summed E-state index contributed by atoms with van der Waals surface area (Å²) in [6, 6.07) is 5.12. The Hall–Kier alpha value is -0.450. The standard InChI is InChI=1S/C15H23BrFNO/c1-3-4-12(11-18-5-6-19-2)7-13-8-14(16)10-15(17)9-13/h8-10,12,18H,3-7,11H2,1-2H3. The molecule has 1 atom stereocenters. The van der Waals surface area contributed by atoms with Gasteiger partial charge in [-0.3, -0.25) is 0 Å². The fourth-order valence-corrected chi connectivity index (χ4v) is 2.74. The van der Waals surface area contributed by atoms with Crippen molar-refractivity contribution in [1.82, 2.24) is 5.32 Å². The van der Waals surface area contributed by atoms with E-state index in [-0.39, 0.29) is 5.82 Å². The van der Waals surface area contributed by atoms with E-state index in [1.165, 1.54) is 6.07 Å². The molecule has 0 aliphatic rings. The second-order valence-electron chi connectivity index (χ2n) is 4.83. The zero-order valence-electron chi connectivity index (χ0n) is 11.7. The number of hydrogen-bond donors (Lipinski definition) is 1. The van der Waals surface area contributed by atoms with Crippen LogP contribution in [-0.4, -0.2) is 26.8 Å². The summed E-state index contributed by atoms with van der Waals surface area (Å²) in [6.07, 6.45) is 3.20. The molecule has 0 radical (unpaired) electrons. The van der Waals surface area contributed by atoms with Gasteiger partial charge >= 0.3 is 0 Å². The van der Waals surface area contributed by atoms with Crippen LogP contribution >= 0.6 is 15.9 Å². The largest absolute Gasteiger partial charge is 0.383 e. The van der Waals surface area contributed by atoms with Gasteiger partial charge in [0.05, 0.1) is 6.61 Å². The molecule has 2 nitrogen and oxygen atoms in total. The zero-order valence-corrected chi connectivity index (χ0v) is 13.3. The highest BCUT2D eigenvalue weighted by molar-refractivity contribution is 9.10. The van der Waals surface area contributed by atoms with Gasteiger partial charge < -0.3 is 10.1 Å². The summed E-state index contributed by atoms with van der Waals surface area (Å²) in [7, 11) is 1.70. The third-order valence-electron chi connectivity index (χ3n) is 3.06. The lowest BCUT2D eigenvalue weighted by atomic mass is 9.95. The Balaban J connectivity index is 2.51. The summed E-state index contributed by atoms with van der Waals surface area (Å²) in [5.74, 6) is 0.363. The average Bonchev–Trinajstić information content (AvgIpc) is 2.33. The smallest absolute Gasteiger partial charge is 0.124 e. The van der Waals surface area contributed by atoms with Gasteiger partial charge in [0.1, 0.15) is 5.82 Å². The number of nitrogens with one attached hydrogen (secondary N) is 1. The maximum atomic E-state index is 13.4. The maximum Gasteiger partial charge on any atom is 0.124 e. The predicted molar refractivity (Wildman–Crippen MR) is 80.9 cm³/mol. The highest BCUT2D eigenvalue weighted by Crippen LogP contribution is 2.19. The second-order valence-corrected chi connectivity index (χ2v) is 5.75. The molecule has 108 valence electrons. The van der Waals surface area contributed by atoms with Crippen molar-refractivity contribution in [2.45, 2.75) is 26.2 Å². The first-order valence-corrected chi connectivity index (χ1v) is 7.59. The van der Waals surface area contributed by atoms with Crippen LogP contribution in [0.1, 0.15) is 25.3 Å². The quantitative estimate of drug-likeness (QED) is 0.695. The molecule has 0 bridgehead atoms. The molecule has 1 unspecified atom stereocenters. The number of rotatable bonds is 9. The van der Waals surface area contributed by atoms with Crippen LogP contribution in [0.5, 0.6) is 0 Å². The van der Waals surface area contributed by atoms with E-state index in [2.05, 4.69) is 28.2 Å². The lowest BCUT2D eigenvalue weighted by Gasteiger charge is -2.17. The van der Waals surface area contributed by atoms with Crippen LogP contribution in [0.15, 0.2) is 22.7 Å². The summed E-state index contributed by atoms with van der Waals surface area (Å²) >= 11 is 3.34. The van der Waals surface area contributed by atoms with Crippen molar-refractivity contribution >= 4 is 15.9 Å². The van der Waals surface area contributed by atoms with Crippen molar-refractivity contribution in [2.75, 3.05) is 26.8 Å². The van der Waals surface area contributed by atoms with Crippen LogP contribution in [0.2, 0.25) is 0 Å². The van der Waals surface area contributed by atoms with E-state index in [0.29, 0.717) is 5.92 Å². The van der Waals surface area contributed by atoms with E-state index in [4.69, 9.17) is 4.74 Å². The molecule has 0 fully saturated rings. The summed E-state index contributed by atoms with van der Waals surface area (Å²) in [5, 5.41) is 3.39.